The molecule has 0 bridgehead atoms. The zero-order valence-corrected chi connectivity index (χ0v) is 12.7. The number of amides is 1. The molecular weight excluding hydrogens is 280 g/mol. The molecule has 0 saturated carbocycles. The van der Waals surface area contributed by atoms with E-state index in [1.54, 1.807) is 18.0 Å². The molecular formula is C17H20N2O3. The number of aromatic nitrogens is 1. The molecule has 0 spiro atoms. The fourth-order valence-electron chi connectivity index (χ4n) is 3.03. The van der Waals surface area contributed by atoms with Gasteiger partial charge in [-0.05, 0) is 25.8 Å². The number of rotatable bonds is 3. The van der Waals surface area contributed by atoms with Gasteiger partial charge in [0.05, 0.1) is 6.61 Å². The standard InChI is InChI=1S/C17H20N2O3/c1-2-22-17(21)19-9-7-12(8-10-19)16(20)14-11-18-15-6-4-3-5-13(14)15/h3-6,11-12,18H,2,7-10H2,1H3. The van der Waals surface area contributed by atoms with E-state index >= 15 is 0 Å². The van der Waals surface area contributed by atoms with Gasteiger partial charge >= 0.3 is 6.09 Å². The van der Waals surface area contributed by atoms with Crippen LogP contribution in [0.5, 0.6) is 0 Å². The Morgan fingerprint density at radius 1 is 1.27 bits per heavy atom. The Hall–Kier alpha value is -2.30. The van der Waals surface area contributed by atoms with Crippen LogP contribution in [0.3, 0.4) is 0 Å². The van der Waals surface area contributed by atoms with E-state index < -0.39 is 0 Å². The predicted molar refractivity (Wildman–Crippen MR) is 83.9 cm³/mol. The number of likely N-dealkylation sites (tertiary alicyclic amines) is 1. The third-order valence-corrected chi connectivity index (χ3v) is 4.25. The fourth-order valence-corrected chi connectivity index (χ4v) is 3.03. The first-order valence-corrected chi connectivity index (χ1v) is 7.72. The van der Waals surface area contributed by atoms with E-state index in [0.717, 1.165) is 16.5 Å². The van der Waals surface area contributed by atoms with Crippen LogP contribution in [0.1, 0.15) is 30.1 Å². The SMILES string of the molecule is CCOC(=O)N1CCC(C(=O)c2c[nH]c3ccccc23)CC1. The minimum absolute atomic E-state index is 0.0233. The minimum Gasteiger partial charge on any atom is -0.450 e. The van der Waals surface area contributed by atoms with Gasteiger partial charge in [0, 0.05) is 41.7 Å². The first kappa shape index (κ1) is 14.6. The van der Waals surface area contributed by atoms with E-state index in [0.29, 0.717) is 32.5 Å². The van der Waals surface area contributed by atoms with Crippen molar-refractivity contribution in [1.82, 2.24) is 9.88 Å². The molecule has 22 heavy (non-hydrogen) atoms. The number of para-hydroxylation sites is 1. The molecule has 1 N–H and O–H groups in total. The van der Waals surface area contributed by atoms with Gasteiger partial charge < -0.3 is 14.6 Å². The Morgan fingerprint density at radius 2 is 2.00 bits per heavy atom. The van der Waals surface area contributed by atoms with Gasteiger partial charge in [-0.3, -0.25) is 4.79 Å². The van der Waals surface area contributed by atoms with Gasteiger partial charge in [-0.25, -0.2) is 4.79 Å². The van der Waals surface area contributed by atoms with Crippen LogP contribution in [0.15, 0.2) is 30.5 Å². The highest BCUT2D eigenvalue weighted by molar-refractivity contribution is 6.08. The van der Waals surface area contributed by atoms with E-state index in [1.807, 2.05) is 24.3 Å². The van der Waals surface area contributed by atoms with E-state index in [-0.39, 0.29) is 17.8 Å². The average molecular weight is 300 g/mol. The summed E-state index contributed by atoms with van der Waals surface area (Å²) < 4.78 is 5.00. The van der Waals surface area contributed by atoms with Crippen LogP contribution < -0.4 is 0 Å². The second kappa shape index (κ2) is 6.22. The van der Waals surface area contributed by atoms with Crippen LogP contribution >= 0.6 is 0 Å². The Balaban J connectivity index is 1.69. The number of piperidine rings is 1. The van der Waals surface area contributed by atoms with Crippen molar-refractivity contribution in [2.45, 2.75) is 19.8 Å². The number of benzene rings is 1. The number of H-pyrrole nitrogens is 1. The summed E-state index contributed by atoms with van der Waals surface area (Å²) in [6.45, 7) is 3.34. The lowest BCUT2D eigenvalue weighted by molar-refractivity contribution is 0.0755. The smallest absolute Gasteiger partial charge is 0.409 e. The summed E-state index contributed by atoms with van der Waals surface area (Å²) in [7, 11) is 0. The average Bonchev–Trinajstić information content (AvgIpc) is 2.98. The molecule has 3 rings (SSSR count). The molecule has 1 aliphatic rings. The summed E-state index contributed by atoms with van der Waals surface area (Å²) in [6.07, 6.45) is 2.90. The number of hydrogen-bond acceptors (Lipinski definition) is 3. The normalized spacial score (nSPS) is 16.0. The fraction of sp³-hybridized carbons (Fsp3) is 0.412. The van der Waals surface area contributed by atoms with Gasteiger partial charge in [-0.15, -0.1) is 0 Å². The maximum Gasteiger partial charge on any atom is 0.409 e. The molecule has 1 aliphatic heterocycles. The summed E-state index contributed by atoms with van der Waals surface area (Å²) in [5, 5.41) is 0.973. The number of nitrogens with zero attached hydrogens (tertiary/aromatic N) is 1. The van der Waals surface area contributed by atoms with Crippen LogP contribution in [0.2, 0.25) is 0 Å². The Bertz CT molecular complexity index is 684. The molecule has 0 radical (unpaired) electrons. The lowest BCUT2D eigenvalue weighted by atomic mass is 9.89. The number of hydrogen-bond donors (Lipinski definition) is 1. The second-order valence-corrected chi connectivity index (χ2v) is 5.57. The summed E-state index contributed by atoms with van der Waals surface area (Å²) in [5.41, 5.74) is 1.74. The van der Waals surface area contributed by atoms with Crippen molar-refractivity contribution in [2.24, 2.45) is 5.92 Å². The van der Waals surface area contributed by atoms with Crippen LogP contribution in [0.25, 0.3) is 10.9 Å². The molecule has 5 nitrogen and oxygen atoms in total. The predicted octanol–water partition coefficient (Wildman–Crippen LogP) is 3.22. The number of Topliss-reactive ketones (excluding diaryl/α,β-unsaturated/α-hetero) is 1. The Morgan fingerprint density at radius 3 is 2.73 bits per heavy atom. The second-order valence-electron chi connectivity index (χ2n) is 5.57. The summed E-state index contributed by atoms with van der Waals surface area (Å²) >= 11 is 0. The van der Waals surface area contributed by atoms with E-state index in [1.165, 1.54) is 0 Å². The van der Waals surface area contributed by atoms with Crippen molar-refractivity contribution in [3.8, 4) is 0 Å². The molecule has 0 atom stereocenters. The number of nitrogens with one attached hydrogen (secondary N) is 1. The third kappa shape index (κ3) is 2.71. The molecule has 1 amide bonds. The maximum atomic E-state index is 12.7. The number of fused-ring (bicyclic) bond motifs is 1. The van der Waals surface area contributed by atoms with Crippen molar-refractivity contribution in [2.75, 3.05) is 19.7 Å². The molecule has 0 unspecified atom stereocenters. The van der Waals surface area contributed by atoms with Gasteiger partial charge in [-0.1, -0.05) is 18.2 Å². The molecule has 1 fully saturated rings. The molecule has 116 valence electrons. The first-order valence-electron chi connectivity index (χ1n) is 7.72. The highest BCUT2D eigenvalue weighted by Crippen LogP contribution is 2.26. The number of carbonyl (C=O) groups is 2. The molecule has 1 saturated heterocycles. The Labute approximate surface area is 129 Å². The lowest BCUT2D eigenvalue weighted by Crippen LogP contribution is -2.40. The van der Waals surface area contributed by atoms with Gasteiger partial charge in [-0.2, -0.15) is 0 Å². The maximum absolute atomic E-state index is 12.7. The zero-order valence-electron chi connectivity index (χ0n) is 12.7. The van der Waals surface area contributed by atoms with Crippen molar-refractivity contribution < 1.29 is 14.3 Å². The van der Waals surface area contributed by atoms with Gasteiger partial charge in [0.2, 0.25) is 0 Å². The molecule has 1 aromatic carbocycles. The minimum atomic E-state index is -0.277. The highest BCUT2D eigenvalue weighted by Gasteiger charge is 2.29. The molecule has 2 aromatic rings. The lowest BCUT2D eigenvalue weighted by Gasteiger charge is -2.30. The molecule has 0 aliphatic carbocycles. The zero-order chi connectivity index (χ0) is 15.5. The van der Waals surface area contributed by atoms with Crippen LogP contribution in [0.4, 0.5) is 4.79 Å². The number of aromatic amines is 1. The van der Waals surface area contributed by atoms with E-state index in [2.05, 4.69) is 4.98 Å². The largest absolute Gasteiger partial charge is 0.450 e. The molecule has 2 heterocycles. The topological polar surface area (TPSA) is 62.4 Å². The van der Waals surface area contributed by atoms with Crippen LogP contribution in [-0.4, -0.2) is 41.5 Å². The summed E-state index contributed by atoms with van der Waals surface area (Å²) in [6, 6.07) is 7.82. The van der Waals surface area contributed by atoms with Crippen molar-refractivity contribution in [3.63, 3.8) is 0 Å². The monoisotopic (exact) mass is 300 g/mol. The summed E-state index contributed by atoms with van der Waals surface area (Å²) in [5.74, 6) is 0.144. The van der Waals surface area contributed by atoms with Crippen LogP contribution in [0, 0.1) is 5.92 Å². The first-order chi connectivity index (χ1) is 10.7. The number of carbonyl (C=O) groups excluding carboxylic acids is 2. The number of ketones is 1. The summed E-state index contributed by atoms with van der Waals surface area (Å²) in [4.78, 5) is 29.2. The van der Waals surface area contributed by atoms with Gasteiger partial charge in [0.1, 0.15) is 0 Å². The molecule has 1 aromatic heterocycles. The number of ether oxygens (including phenoxy) is 1. The van der Waals surface area contributed by atoms with Crippen molar-refractivity contribution >= 4 is 22.8 Å². The third-order valence-electron chi connectivity index (χ3n) is 4.25. The quantitative estimate of drug-likeness (QED) is 0.885. The van der Waals surface area contributed by atoms with Crippen molar-refractivity contribution in [1.29, 1.82) is 0 Å². The molecule has 5 heteroatoms. The van der Waals surface area contributed by atoms with E-state index in [9.17, 15) is 9.59 Å². The van der Waals surface area contributed by atoms with E-state index in [4.69, 9.17) is 4.74 Å². The Kier molecular flexibility index (Phi) is 4.13. The van der Waals surface area contributed by atoms with Gasteiger partial charge in [0.15, 0.2) is 5.78 Å². The van der Waals surface area contributed by atoms with Crippen LogP contribution in [-0.2, 0) is 4.74 Å². The highest BCUT2D eigenvalue weighted by atomic mass is 16.6. The van der Waals surface area contributed by atoms with Crippen molar-refractivity contribution in [3.05, 3.63) is 36.0 Å². The van der Waals surface area contributed by atoms with Gasteiger partial charge in [0.25, 0.3) is 0 Å².